The van der Waals surface area contributed by atoms with Crippen LogP contribution in [-0.2, 0) is 17.4 Å². The van der Waals surface area contributed by atoms with Gasteiger partial charge in [0.1, 0.15) is 0 Å². The fourth-order valence-electron chi connectivity index (χ4n) is 29.2. The zero-order chi connectivity index (χ0) is 75.8. The Bertz CT molecular complexity index is 1390. The predicted octanol–water partition coefficient (Wildman–Crippen LogP) is 33.6. The maximum atomic E-state index is 2.63. The van der Waals surface area contributed by atoms with Crippen LogP contribution < -0.4 is 0 Å². The third-order valence-electron chi connectivity index (χ3n) is 29.7. The maximum absolute atomic E-state index is 2.63. The van der Waals surface area contributed by atoms with Crippen LogP contribution >= 0.6 is 0 Å². The van der Waals surface area contributed by atoms with Crippen molar-refractivity contribution in [3.63, 3.8) is 0 Å². The van der Waals surface area contributed by atoms with E-state index in [0.717, 1.165) is 150 Å². The molecule has 0 rings (SSSR count). The quantitative estimate of drug-likeness (QED) is 0.0433. The smallest absolute Gasteiger partial charge is 0.307 e. The molecule has 0 heterocycles. The van der Waals surface area contributed by atoms with Gasteiger partial charge in [0, 0.05) is 0 Å². The van der Waals surface area contributed by atoms with Crippen molar-refractivity contribution in [1.29, 1.82) is 0 Å². The first kappa shape index (κ1) is 103. The molecule has 0 N–H and O–H groups in total. The molecule has 10 heteroatoms. The Kier molecular flexibility index (Phi) is 43.5. The van der Waals surface area contributed by atoms with E-state index in [2.05, 4.69) is 388 Å². The number of rotatable bonds is 36. The van der Waals surface area contributed by atoms with Gasteiger partial charge in [-0.05, 0) is 0 Å². The van der Waals surface area contributed by atoms with Crippen molar-refractivity contribution in [1.82, 2.24) is 0 Å². The van der Waals surface area contributed by atoms with E-state index < -0.39 is 72.7 Å². The topological polar surface area (TPSA) is 0 Å². The van der Waals surface area contributed by atoms with Gasteiger partial charge in [0.15, 0.2) is 0 Å². The normalized spacial score (nSPS) is 14.9. The van der Waals surface area contributed by atoms with Gasteiger partial charge in [-0.3, -0.25) is 0 Å². The van der Waals surface area contributed by atoms with Crippen molar-refractivity contribution in [3.05, 3.63) is 14.4 Å². The molecule has 0 unspecified atom stereocenters. The van der Waals surface area contributed by atoms with Gasteiger partial charge in [-0.25, -0.2) is 0 Å². The van der Waals surface area contributed by atoms with Crippen LogP contribution in [0.3, 0.4) is 0 Å². The molecule has 0 aromatic heterocycles. The minimum absolute atomic E-state index is 0. The molecule has 0 saturated carbocycles. The van der Waals surface area contributed by atoms with Crippen molar-refractivity contribution < 1.29 is 17.4 Å². The molecule has 0 aromatic carbocycles. The molecule has 0 nitrogen and oxygen atoms in total. The van der Waals surface area contributed by atoms with Crippen LogP contribution in [0.1, 0.15) is 374 Å². The summed E-state index contributed by atoms with van der Waals surface area (Å²) < 4.78 is 0. The van der Waals surface area contributed by atoms with Crippen LogP contribution in [0, 0.1) is 14.4 Å². The molecule has 94 heavy (non-hydrogen) atoms. The van der Waals surface area contributed by atoms with E-state index in [1.54, 1.807) is 0 Å². The van der Waals surface area contributed by atoms with E-state index >= 15 is 0 Å². The Balaban J connectivity index is -0.000000643. The average molecular weight is 1500 g/mol. The summed E-state index contributed by atoms with van der Waals surface area (Å²) in [6, 6.07) is 0. The Morgan fingerprint density at radius 3 is 0.149 bits per heavy atom. The van der Waals surface area contributed by atoms with Crippen molar-refractivity contribution >= 4 is 72.7 Å². The third kappa shape index (κ3) is 17.3. The second-order valence-electron chi connectivity index (χ2n) is 40.7. The van der Waals surface area contributed by atoms with Gasteiger partial charge in [0.2, 0.25) is 0 Å². The summed E-state index contributed by atoms with van der Waals surface area (Å²) in [6.07, 6.45) is 0. The zero-order valence-corrected chi connectivity index (χ0v) is 86.3. The monoisotopic (exact) mass is 1500 g/mol. The largest absolute Gasteiger partial charge is 3.00 e. The molecule has 0 atom stereocenters. The Labute approximate surface area is 622 Å². The van der Waals surface area contributed by atoms with Crippen LogP contribution in [0.15, 0.2) is 0 Å². The second kappa shape index (κ2) is 39.7. The summed E-state index contributed by atoms with van der Waals surface area (Å²) in [5.41, 5.74) is 22.0. The molecule has 0 aliphatic heterocycles. The van der Waals surface area contributed by atoms with Crippen LogP contribution in [0.25, 0.3) is 0 Å². The van der Waals surface area contributed by atoms with Crippen molar-refractivity contribution in [2.75, 3.05) is 0 Å². The second-order valence-corrected chi connectivity index (χ2v) is 97.7. The van der Waals surface area contributed by atoms with Crippen LogP contribution in [0.4, 0.5) is 0 Å². The minimum Gasteiger partial charge on any atom is -0.307 e. The maximum Gasteiger partial charge on any atom is 3.00 e. The van der Waals surface area contributed by atoms with Gasteiger partial charge in [-0.2, -0.15) is 0 Å². The summed E-state index contributed by atoms with van der Waals surface area (Å²) >= 11 is 0. The Morgan fingerprint density at radius 2 is 0.128 bits per heavy atom. The third-order valence-corrected chi connectivity index (χ3v) is 112. The SMILES string of the molecule is CC(C)[Si]([C-]([Si](C(C)C)(C(C)C)C(C)C)[Si](C(C)C)(C(C)C)C(C)C)(C(C)C)C(C)C.CC(C)[Si]([C-]([Si](C(C)C)(C(C)C)C(C)C)[Si](C(C)C)(C(C)C)C(C)C)(C(C)C)C(C)C.CC(C)[Si]([C-]([Si](C(C)C)(C(C)C)C(C)C)[Si](C(C)C)(C(C)C)C(C)C)(C(C)C)C(C)C.[Cr+3]. The molecule has 0 aliphatic rings. The van der Waals surface area contributed by atoms with Gasteiger partial charge >= 0.3 is 17.4 Å². The average Bonchev–Trinajstić information content (AvgIpc) is 3.32. The van der Waals surface area contributed by atoms with E-state index in [0.29, 0.717) is 0 Å². The number of hydrogen-bond donors (Lipinski definition) is 0. The van der Waals surface area contributed by atoms with E-state index in [1.807, 2.05) is 0 Å². The molecular weight excluding hydrogens is 1310 g/mol. The molecule has 0 amide bonds. The summed E-state index contributed by atoms with van der Waals surface area (Å²) in [4.78, 5) is 7.06. The fraction of sp³-hybridized carbons (Fsp3) is 0.964. The Morgan fingerprint density at radius 1 is 0.0957 bits per heavy atom. The van der Waals surface area contributed by atoms with Gasteiger partial charge in [0.05, 0.1) is 0 Å². The van der Waals surface area contributed by atoms with E-state index in [-0.39, 0.29) is 17.4 Å². The summed E-state index contributed by atoms with van der Waals surface area (Å²) in [6.45, 7) is 142. The molecule has 0 saturated heterocycles. The first-order valence-electron chi connectivity index (χ1n) is 41.2. The fourth-order valence-corrected chi connectivity index (χ4v) is 155. The summed E-state index contributed by atoms with van der Waals surface area (Å²) in [5, 5.41) is 0. The van der Waals surface area contributed by atoms with Crippen LogP contribution in [0.5, 0.6) is 0 Å². The molecule has 567 valence electrons. The molecular formula is C84H189CrSi9. The van der Waals surface area contributed by atoms with Gasteiger partial charge < -0.3 is 14.4 Å². The van der Waals surface area contributed by atoms with Gasteiger partial charge in [-0.15, -0.1) is 0 Å². The van der Waals surface area contributed by atoms with Crippen LogP contribution in [-0.4, -0.2) is 72.7 Å². The van der Waals surface area contributed by atoms with Crippen LogP contribution in [0.2, 0.25) is 150 Å². The summed E-state index contributed by atoms with van der Waals surface area (Å²) in [5.74, 6) is 0. The first-order valence-corrected chi connectivity index (χ1v) is 61.3. The zero-order valence-electron chi connectivity index (χ0n) is 76.0. The summed E-state index contributed by atoms with van der Waals surface area (Å²) in [7, 11) is -15.9. The van der Waals surface area contributed by atoms with Crippen molar-refractivity contribution in [2.24, 2.45) is 0 Å². The molecule has 1 radical (unpaired) electrons. The van der Waals surface area contributed by atoms with Crippen molar-refractivity contribution in [2.45, 2.75) is 523 Å². The van der Waals surface area contributed by atoms with Gasteiger partial charge in [0.25, 0.3) is 0 Å². The number of hydrogen-bond acceptors (Lipinski definition) is 0. The van der Waals surface area contributed by atoms with Crippen molar-refractivity contribution in [3.8, 4) is 0 Å². The van der Waals surface area contributed by atoms with E-state index in [9.17, 15) is 0 Å². The first-order chi connectivity index (χ1) is 41.6. The van der Waals surface area contributed by atoms with E-state index in [1.165, 1.54) is 0 Å². The minimum atomic E-state index is -1.76. The van der Waals surface area contributed by atoms with Gasteiger partial charge in [-0.1, -0.05) is 596 Å². The standard InChI is InChI=1S/3C28H63Si3.Cr/c3*1-19(2)29(20(3)4,21(5)6)28(30(22(7)8,23(9)10)24(11)12)31(25(13)14,26(15)16)27(17)18;/h3*19-27H,1-18H3;/q3*-1;+3. The molecule has 0 fully saturated rings. The molecule has 0 aliphatic carbocycles. The molecule has 0 aromatic rings. The molecule has 0 bridgehead atoms. The Hall–Kier alpha value is 2.48. The predicted molar refractivity (Wildman–Crippen MR) is 469 cm³/mol. The molecule has 0 spiro atoms. The van der Waals surface area contributed by atoms with E-state index in [4.69, 9.17) is 0 Å².